The zero-order chi connectivity index (χ0) is 23.9. The molecule has 2 aliphatic carbocycles. The maximum absolute atomic E-state index is 13.1. The van der Waals surface area contributed by atoms with Crippen LogP contribution in [0.3, 0.4) is 0 Å². The van der Waals surface area contributed by atoms with Crippen LogP contribution in [0.1, 0.15) is 80.1 Å². The van der Waals surface area contributed by atoms with Crippen molar-refractivity contribution in [1.82, 2.24) is 20.7 Å². The fourth-order valence-electron chi connectivity index (χ4n) is 7.20. The largest absolute Gasteiger partial charge is 0.368 e. The number of fused-ring (bicyclic) bond motifs is 2. The summed E-state index contributed by atoms with van der Waals surface area (Å²) in [5.74, 6) is 0.00381. The van der Waals surface area contributed by atoms with E-state index in [1.807, 2.05) is 12.1 Å². The average Bonchev–Trinajstić information content (AvgIpc) is 3.42. The second-order valence-corrected chi connectivity index (χ2v) is 11.0. The van der Waals surface area contributed by atoms with Gasteiger partial charge in [-0.3, -0.25) is 9.59 Å². The number of nitrogens with one attached hydrogen (secondary N) is 3. The molecule has 2 saturated heterocycles. The second-order valence-electron chi connectivity index (χ2n) is 11.0. The van der Waals surface area contributed by atoms with Crippen molar-refractivity contribution >= 4 is 17.5 Å². The third kappa shape index (κ3) is 4.09. The van der Waals surface area contributed by atoms with Crippen molar-refractivity contribution in [3.05, 3.63) is 29.3 Å². The molecule has 3 N–H and O–H groups in total. The predicted octanol–water partition coefficient (Wildman–Crippen LogP) is 3.12. The lowest BCUT2D eigenvalue weighted by molar-refractivity contribution is -0.128. The molecule has 2 amide bonds. The maximum atomic E-state index is 13.1. The van der Waals surface area contributed by atoms with Gasteiger partial charge in [-0.25, -0.2) is 10.4 Å². The van der Waals surface area contributed by atoms with Gasteiger partial charge in [-0.15, -0.1) is 0 Å². The van der Waals surface area contributed by atoms with E-state index in [1.54, 1.807) is 0 Å². The summed E-state index contributed by atoms with van der Waals surface area (Å²) in [5.41, 5.74) is 6.43. The number of benzene rings is 1. The van der Waals surface area contributed by atoms with E-state index in [0.29, 0.717) is 19.1 Å². The minimum Gasteiger partial charge on any atom is -0.368 e. The molecule has 3 aliphatic heterocycles. The first-order chi connectivity index (χ1) is 17.1. The number of amides is 2. The molecule has 3 heterocycles. The quantitative estimate of drug-likeness (QED) is 0.617. The minimum atomic E-state index is -0.244. The van der Waals surface area contributed by atoms with Gasteiger partial charge < -0.3 is 15.5 Å². The Morgan fingerprint density at radius 1 is 0.971 bits per heavy atom. The van der Waals surface area contributed by atoms with Gasteiger partial charge in [0.2, 0.25) is 5.91 Å². The van der Waals surface area contributed by atoms with Crippen LogP contribution in [0.4, 0.5) is 5.69 Å². The molecule has 1 aromatic carbocycles. The third-order valence-electron chi connectivity index (χ3n) is 8.99. The summed E-state index contributed by atoms with van der Waals surface area (Å²) in [6.45, 7) is 1.35. The Bertz CT molecular complexity index is 1030. The van der Waals surface area contributed by atoms with Crippen molar-refractivity contribution in [3.63, 3.8) is 0 Å². The molecule has 0 aromatic heterocycles. The number of hydrogen-bond donors (Lipinski definition) is 3. The zero-order valence-corrected chi connectivity index (χ0v) is 20.3. The van der Waals surface area contributed by atoms with Crippen molar-refractivity contribution in [2.75, 3.05) is 11.9 Å². The molecule has 2 saturated carbocycles. The van der Waals surface area contributed by atoms with Crippen molar-refractivity contribution < 1.29 is 9.59 Å². The molecule has 186 valence electrons. The van der Waals surface area contributed by atoms with E-state index >= 15 is 0 Å². The number of piperidine rings is 1. The van der Waals surface area contributed by atoms with Gasteiger partial charge in [-0.05, 0) is 55.9 Å². The number of carbonyl (C=O) groups excluding carboxylic acids is 2. The van der Waals surface area contributed by atoms with Crippen molar-refractivity contribution in [3.8, 4) is 6.07 Å². The minimum absolute atomic E-state index is 0.00239. The lowest BCUT2D eigenvalue weighted by atomic mass is 9.83. The van der Waals surface area contributed by atoms with Gasteiger partial charge in [0, 0.05) is 42.5 Å². The summed E-state index contributed by atoms with van der Waals surface area (Å²) in [5, 5.41) is 18.6. The highest BCUT2D eigenvalue weighted by atomic mass is 16.2. The van der Waals surface area contributed by atoms with Gasteiger partial charge in [-0.1, -0.05) is 32.1 Å². The Morgan fingerprint density at radius 3 is 2.60 bits per heavy atom. The predicted molar refractivity (Wildman–Crippen MR) is 132 cm³/mol. The third-order valence-corrected chi connectivity index (χ3v) is 8.99. The van der Waals surface area contributed by atoms with E-state index in [2.05, 4.69) is 38.1 Å². The number of rotatable bonds is 4. The van der Waals surface area contributed by atoms with Crippen LogP contribution in [-0.4, -0.2) is 52.6 Å². The summed E-state index contributed by atoms with van der Waals surface area (Å²) in [7, 11) is 0. The standard InChI is InChI=1S/C27H36N6O2/c28-15-17-6-4-5-9-22(17)33-23-12-13-29-26(34)24(23)25(31-33)30-19-10-11-21-18(14-19)16-32(27(21)35)20-7-2-1-3-8-20/h10-11,14,17,20,22-25,30-31H,1-9,12-13,16H2,(H,29,34)/t17-,22+,23?,24?,25?/m1/s1. The molecular formula is C27H36N6O2. The molecule has 5 atom stereocenters. The summed E-state index contributed by atoms with van der Waals surface area (Å²) in [6, 6.07) is 9.12. The second kappa shape index (κ2) is 9.44. The maximum Gasteiger partial charge on any atom is 0.254 e. The molecule has 35 heavy (non-hydrogen) atoms. The van der Waals surface area contributed by atoms with Gasteiger partial charge in [0.15, 0.2) is 0 Å². The monoisotopic (exact) mass is 476 g/mol. The van der Waals surface area contributed by atoms with Gasteiger partial charge in [0.1, 0.15) is 6.17 Å². The molecule has 3 unspecified atom stereocenters. The van der Waals surface area contributed by atoms with Crippen LogP contribution >= 0.6 is 0 Å². The first-order valence-corrected chi connectivity index (χ1v) is 13.6. The van der Waals surface area contributed by atoms with Crippen LogP contribution in [-0.2, 0) is 11.3 Å². The first kappa shape index (κ1) is 22.8. The van der Waals surface area contributed by atoms with Crippen LogP contribution in [0.5, 0.6) is 0 Å². The van der Waals surface area contributed by atoms with E-state index < -0.39 is 0 Å². The first-order valence-electron chi connectivity index (χ1n) is 13.6. The van der Waals surface area contributed by atoms with E-state index in [4.69, 9.17) is 0 Å². The van der Waals surface area contributed by atoms with E-state index in [0.717, 1.165) is 61.8 Å². The van der Waals surface area contributed by atoms with Crippen molar-refractivity contribution in [2.45, 2.75) is 95.0 Å². The van der Waals surface area contributed by atoms with Gasteiger partial charge in [-0.2, -0.15) is 5.26 Å². The van der Waals surface area contributed by atoms with E-state index in [-0.39, 0.29) is 41.9 Å². The molecule has 5 aliphatic rings. The molecule has 0 radical (unpaired) electrons. The highest BCUT2D eigenvalue weighted by molar-refractivity contribution is 5.99. The average molecular weight is 477 g/mol. The fourth-order valence-corrected chi connectivity index (χ4v) is 7.20. The Balaban J connectivity index is 1.21. The number of hydrogen-bond acceptors (Lipinski definition) is 6. The molecule has 0 bridgehead atoms. The molecule has 4 fully saturated rings. The van der Waals surface area contributed by atoms with Crippen molar-refractivity contribution in [1.29, 1.82) is 5.26 Å². The molecule has 8 nitrogen and oxygen atoms in total. The van der Waals surface area contributed by atoms with Gasteiger partial charge in [0.05, 0.1) is 17.9 Å². The van der Waals surface area contributed by atoms with Crippen molar-refractivity contribution in [2.24, 2.45) is 11.8 Å². The lowest BCUT2D eigenvalue weighted by Crippen LogP contribution is -2.54. The molecule has 1 aromatic rings. The Labute approximate surface area is 207 Å². The number of nitrogens with zero attached hydrogens (tertiary/aromatic N) is 3. The van der Waals surface area contributed by atoms with Crippen LogP contribution in [0.25, 0.3) is 0 Å². The summed E-state index contributed by atoms with van der Waals surface area (Å²) in [6.07, 6.45) is 10.7. The fraction of sp³-hybridized carbons (Fsp3) is 0.667. The smallest absolute Gasteiger partial charge is 0.254 e. The summed E-state index contributed by atoms with van der Waals surface area (Å²) < 4.78 is 0. The number of anilines is 1. The number of hydrazine groups is 1. The molecular weight excluding hydrogens is 440 g/mol. The Kier molecular flexibility index (Phi) is 6.15. The number of carbonyl (C=O) groups is 2. The van der Waals surface area contributed by atoms with E-state index in [9.17, 15) is 14.9 Å². The topological polar surface area (TPSA) is 100 Å². The molecule has 8 heteroatoms. The van der Waals surface area contributed by atoms with Gasteiger partial charge in [0.25, 0.3) is 5.91 Å². The highest BCUT2D eigenvalue weighted by Gasteiger charge is 2.51. The molecule has 6 rings (SSSR count). The SMILES string of the molecule is N#C[C@H]1CCCC[C@@H]1N1NC(Nc2ccc3c(c2)CN(C2CCCCC2)C3=O)C2C(=O)NCCC21. The normalized spacial score (nSPS) is 33.7. The van der Waals surface area contributed by atoms with Crippen LogP contribution in [0.15, 0.2) is 18.2 Å². The van der Waals surface area contributed by atoms with Gasteiger partial charge >= 0.3 is 0 Å². The summed E-state index contributed by atoms with van der Waals surface area (Å²) in [4.78, 5) is 28.1. The Hall–Kier alpha value is -2.63. The summed E-state index contributed by atoms with van der Waals surface area (Å²) >= 11 is 0. The molecule has 0 spiro atoms. The Morgan fingerprint density at radius 2 is 1.77 bits per heavy atom. The van der Waals surface area contributed by atoms with E-state index in [1.165, 1.54) is 19.3 Å². The zero-order valence-electron chi connectivity index (χ0n) is 20.3. The number of nitriles is 1. The van der Waals surface area contributed by atoms with Crippen LogP contribution in [0, 0.1) is 23.2 Å². The lowest BCUT2D eigenvalue weighted by Gasteiger charge is -2.39. The highest BCUT2D eigenvalue weighted by Crippen LogP contribution is 2.37. The van der Waals surface area contributed by atoms with Crippen LogP contribution in [0.2, 0.25) is 0 Å². The van der Waals surface area contributed by atoms with Crippen LogP contribution < -0.4 is 16.1 Å².